The lowest BCUT2D eigenvalue weighted by Gasteiger charge is -2.43. The molecule has 4 fully saturated rings. The number of carbonyl (C=O) groups excluding carboxylic acids is 3. The van der Waals surface area contributed by atoms with Crippen LogP contribution in [0, 0.1) is 5.92 Å². The van der Waals surface area contributed by atoms with Crippen LogP contribution in [0.1, 0.15) is 93.0 Å². The first-order chi connectivity index (χ1) is 17.3. The molecule has 2 aliphatic heterocycles. The van der Waals surface area contributed by atoms with Crippen LogP contribution in [0.2, 0.25) is 0 Å². The highest BCUT2D eigenvalue weighted by Gasteiger charge is 2.45. The van der Waals surface area contributed by atoms with Crippen molar-refractivity contribution in [2.24, 2.45) is 5.92 Å². The van der Waals surface area contributed by atoms with Gasteiger partial charge in [0.15, 0.2) is 0 Å². The molecule has 36 heavy (non-hydrogen) atoms. The Morgan fingerprint density at radius 3 is 2.50 bits per heavy atom. The Labute approximate surface area is 211 Å². The third-order valence-electron chi connectivity index (χ3n) is 9.15. The van der Waals surface area contributed by atoms with E-state index in [0.29, 0.717) is 44.0 Å². The number of carbonyl (C=O) groups is 3. The minimum atomic E-state index is -0.968. The first-order valence-electron chi connectivity index (χ1n) is 13.8. The van der Waals surface area contributed by atoms with Gasteiger partial charge in [0.05, 0.1) is 0 Å². The van der Waals surface area contributed by atoms with Gasteiger partial charge >= 0.3 is 0 Å². The Kier molecular flexibility index (Phi) is 6.05. The molecule has 0 spiro atoms. The van der Waals surface area contributed by atoms with Gasteiger partial charge in [0.25, 0.3) is 5.91 Å². The third kappa shape index (κ3) is 4.89. The van der Waals surface area contributed by atoms with E-state index in [2.05, 4.69) is 22.0 Å². The molecule has 3 N–H and O–H groups in total. The standard InChI is InChI=1S/C28H37FN4O3/c29-27(14-15-27)17-30-19-9-12-28(13-10-19,11-8-18-4-5-18)32-22-3-1-2-20-21(22)16-33(26(20)36)23-6-7-24(34)31-25(23)35/h1-3,18-19,23,30,32H,4-17H2,(H,31,34,35). The van der Waals surface area contributed by atoms with Crippen LogP contribution >= 0.6 is 0 Å². The molecule has 3 aliphatic carbocycles. The molecule has 1 saturated heterocycles. The number of anilines is 1. The predicted molar refractivity (Wildman–Crippen MR) is 134 cm³/mol. The summed E-state index contributed by atoms with van der Waals surface area (Å²) in [6.45, 7) is 0.857. The number of nitrogens with zero attached hydrogens (tertiary/aromatic N) is 1. The van der Waals surface area contributed by atoms with E-state index in [0.717, 1.165) is 49.3 Å². The van der Waals surface area contributed by atoms with Crippen molar-refractivity contribution < 1.29 is 18.8 Å². The van der Waals surface area contributed by atoms with E-state index in [4.69, 9.17) is 0 Å². The van der Waals surface area contributed by atoms with Crippen molar-refractivity contribution >= 4 is 23.4 Å². The largest absolute Gasteiger partial charge is 0.379 e. The monoisotopic (exact) mass is 496 g/mol. The molecule has 0 bridgehead atoms. The molecule has 1 aromatic rings. The van der Waals surface area contributed by atoms with Crippen molar-refractivity contribution in [3.8, 4) is 0 Å². The molecule has 6 rings (SSSR count). The van der Waals surface area contributed by atoms with Gasteiger partial charge in [0.2, 0.25) is 11.8 Å². The Morgan fingerprint density at radius 2 is 1.81 bits per heavy atom. The number of nitrogens with one attached hydrogen (secondary N) is 3. The first-order valence-corrected chi connectivity index (χ1v) is 13.8. The topological polar surface area (TPSA) is 90.5 Å². The van der Waals surface area contributed by atoms with Gasteiger partial charge < -0.3 is 15.5 Å². The van der Waals surface area contributed by atoms with Gasteiger partial charge in [-0.2, -0.15) is 0 Å². The molecule has 1 atom stereocenters. The van der Waals surface area contributed by atoms with Crippen LogP contribution < -0.4 is 16.0 Å². The summed E-state index contributed by atoms with van der Waals surface area (Å²) in [5, 5.41) is 9.78. The smallest absolute Gasteiger partial charge is 0.255 e. The number of rotatable bonds is 9. The lowest BCUT2D eigenvalue weighted by Crippen LogP contribution is -2.52. The third-order valence-corrected chi connectivity index (χ3v) is 9.15. The SMILES string of the molecule is O=C1CCC(N2Cc3c(NC4(CCC5CC5)CCC(NCC5(F)CC5)CC4)cccc3C2=O)C(=O)N1. The zero-order valence-electron chi connectivity index (χ0n) is 20.9. The summed E-state index contributed by atoms with van der Waals surface area (Å²) in [5.74, 6) is 0.0503. The predicted octanol–water partition coefficient (Wildman–Crippen LogP) is 3.82. The second-order valence-corrected chi connectivity index (χ2v) is 11.9. The number of amides is 3. The normalized spacial score (nSPS) is 31.2. The summed E-state index contributed by atoms with van der Waals surface area (Å²) >= 11 is 0. The molecule has 3 saturated carbocycles. The fourth-order valence-electron chi connectivity index (χ4n) is 6.33. The second kappa shape index (κ2) is 9.12. The summed E-state index contributed by atoms with van der Waals surface area (Å²) in [6.07, 6.45) is 11.0. The van der Waals surface area contributed by atoms with Crippen molar-refractivity contribution in [2.75, 3.05) is 11.9 Å². The van der Waals surface area contributed by atoms with Crippen LogP contribution in [0.15, 0.2) is 18.2 Å². The van der Waals surface area contributed by atoms with Gasteiger partial charge in [0, 0.05) is 47.9 Å². The maximum atomic E-state index is 14.1. The lowest BCUT2D eigenvalue weighted by molar-refractivity contribution is -0.136. The molecule has 2 heterocycles. The van der Waals surface area contributed by atoms with Crippen molar-refractivity contribution in [1.29, 1.82) is 0 Å². The van der Waals surface area contributed by atoms with Gasteiger partial charge in [-0.1, -0.05) is 18.9 Å². The summed E-state index contributed by atoms with van der Waals surface area (Å²) in [4.78, 5) is 39.0. The Hall–Kier alpha value is -2.48. The maximum absolute atomic E-state index is 14.1. The second-order valence-electron chi connectivity index (χ2n) is 11.9. The van der Waals surface area contributed by atoms with E-state index >= 15 is 0 Å². The molecule has 0 radical (unpaired) electrons. The summed E-state index contributed by atoms with van der Waals surface area (Å²) < 4.78 is 14.1. The first kappa shape index (κ1) is 23.9. The molecule has 1 unspecified atom stereocenters. The number of halogens is 1. The van der Waals surface area contributed by atoms with E-state index in [1.54, 1.807) is 4.90 Å². The molecule has 5 aliphatic rings. The molecular weight excluding hydrogens is 459 g/mol. The zero-order chi connectivity index (χ0) is 24.9. The summed E-state index contributed by atoms with van der Waals surface area (Å²) in [5.41, 5.74) is 1.58. The van der Waals surface area contributed by atoms with Gasteiger partial charge in [-0.05, 0) is 75.8 Å². The van der Waals surface area contributed by atoms with Gasteiger partial charge in [-0.15, -0.1) is 0 Å². The van der Waals surface area contributed by atoms with E-state index in [-0.39, 0.29) is 29.7 Å². The van der Waals surface area contributed by atoms with E-state index < -0.39 is 11.7 Å². The van der Waals surface area contributed by atoms with E-state index in [9.17, 15) is 18.8 Å². The molecule has 0 aromatic heterocycles. The fourth-order valence-corrected chi connectivity index (χ4v) is 6.33. The van der Waals surface area contributed by atoms with Crippen LogP contribution in [-0.2, 0) is 16.1 Å². The van der Waals surface area contributed by atoms with Crippen molar-refractivity contribution in [1.82, 2.24) is 15.5 Å². The summed E-state index contributed by atoms with van der Waals surface area (Å²) in [7, 11) is 0. The van der Waals surface area contributed by atoms with Crippen LogP contribution in [0.25, 0.3) is 0 Å². The van der Waals surface area contributed by atoms with E-state index in [1.165, 1.54) is 19.3 Å². The minimum Gasteiger partial charge on any atom is -0.379 e. The fraction of sp³-hybridized carbons (Fsp3) is 0.679. The molecule has 7 nitrogen and oxygen atoms in total. The average Bonchev–Trinajstić information content (AvgIpc) is 3.79. The number of imide groups is 1. The lowest BCUT2D eigenvalue weighted by atomic mass is 9.75. The zero-order valence-corrected chi connectivity index (χ0v) is 20.9. The van der Waals surface area contributed by atoms with Crippen LogP contribution in [0.5, 0.6) is 0 Å². The minimum absolute atomic E-state index is 0.0338. The molecule has 194 valence electrons. The number of fused-ring (bicyclic) bond motifs is 1. The number of piperidine rings is 1. The summed E-state index contributed by atoms with van der Waals surface area (Å²) in [6, 6.07) is 5.58. The number of hydrogen-bond acceptors (Lipinski definition) is 5. The van der Waals surface area contributed by atoms with Crippen LogP contribution in [0.3, 0.4) is 0 Å². The Balaban J connectivity index is 1.17. The maximum Gasteiger partial charge on any atom is 0.255 e. The highest BCUT2D eigenvalue weighted by atomic mass is 19.1. The van der Waals surface area contributed by atoms with Gasteiger partial charge in [0.1, 0.15) is 11.7 Å². The van der Waals surface area contributed by atoms with Crippen molar-refractivity contribution in [3.63, 3.8) is 0 Å². The van der Waals surface area contributed by atoms with Crippen molar-refractivity contribution in [3.05, 3.63) is 29.3 Å². The Bertz CT molecular complexity index is 1060. The van der Waals surface area contributed by atoms with Crippen LogP contribution in [-0.4, -0.2) is 52.5 Å². The number of benzene rings is 1. The number of hydrogen-bond donors (Lipinski definition) is 3. The highest BCUT2D eigenvalue weighted by molar-refractivity contribution is 6.06. The molecule has 8 heteroatoms. The number of alkyl halides is 1. The van der Waals surface area contributed by atoms with Gasteiger partial charge in [-0.3, -0.25) is 19.7 Å². The van der Waals surface area contributed by atoms with Gasteiger partial charge in [-0.25, -0.2) is 4.39 Å². The molecular formula is C28H37FN4O3. The quantitative estimate of drug-likeness (QED) is 0.452. The molecule has 1 aromatic carbocycles. The molecule has 3 amide bonds. The Morgan fingerprint density at radius 1 is 1.03 bits per heavy atom. The highest BCUT2D eigenvalue weighted by Crippen LogP contribution is 2.44. The van der Waals surface area contributed by atoms with E-state index in [1.807, 2.05) is 12.1 Å². The van der Waals surface area contributed by atoms with Crippen LogP contribution in [0.4, 0.5) is 10.1 Å². The van der Waals surface area contributed by atoms with Crippen molar-refractivity contribution in [2.45, 2.75) is 107 Å². The average molecular weight is 497 g/mol.